The lowest BCUT2D eigenvalue weighted by Crippen LogP contribution is -2.33. The van der Waals surface area contributed by atoms with Gasteiger partial charge in [-0.25, -0.2) is 4.98 Å². The number of para-hydroxylation sites is 1. The molecule has 0 bridgehead atoms. The van der Waals surface area contributed by atoms with E-state index in [0.717, 1.165) is 34.0 Å². The van der Waals surface area contributed by atoms with Gasteiger partial charge in [0.25, 0.3) is 5.91 Å². The summed E-state index contributed by atoms with van der Waals surface area (Å²) in [5.74, 6) is -0.107. The van der Waals surface area contributed by atoms with Gasteiger partial charge in [-0.1, -0.05) is 55.5 Å². The maximum absolute atomic E-state index is 12.7. The van der Waals surface area contributed by atoms with Crippen LogP contribution in [0.25, 0.3) is 22.0 Å². The molecule has 3 nitrogen and oxygen atoms in total. The number of rotatable bonds is 4. The van der Waals surface area contributed by atoms with Crippen LogP contribution < -0.4 is 5.32 Å². The van der Waals surface area contributed by atoms with Crippen molar-refractivity contribution in [3.8, 4) is 11.1 Å². The fraction of sp³-hybridized carbons (Fsp3) is 0.238. The topological polar surface area (TPSA) is 42.0 Å². The van der Waals surface area contributed by atoms with Crippen molar-refractivity contribution in [2.45, 2.75) is 33.2 Å². The first-order chi connectivity index (χ1) is 11.6. The normalized spacial score (nSPS) is 12.1. The molecule has 0 aliphatic heterocycles. The van der Waals surface area contributed by atoms with Crippen LogP contribution in [-0.2, 0) is 0 Å². The minimum absolute atomic E-state index is 0.107. The van der Waals surface area contributed by atoms with E-state index in [-0.39, 0.29) is 11.9 Å². The van der Waals surface area contributed by atoms with E-state index in [1.165, 1.54) is 0 Å². The maximum atomic E-state index is 12.7. The minimum Gasteiger partial charge on any atom is -0.348 e. The highest BCUT2D eigenvalue weighted by Gasteiger charge is 2.19. The summed E-state index contributed by atoms with van der Waals surface area (Å²) in [5, 5.41) is 4.10. The average molecular weight is 318 g/mol. The van der Waals surface area contributed by atoms with Gasteiger partial charge in [0.05, 0.1) is 5.52 Å². The van der Waals surface area contributed by atoms with Gasteiger partial charge in [0.1, 0.15) is 5.69 Å². The molecule has 3 heteroatoms. The van der Waals surface area contributed by atoms with Gasteiger partial charge in [0.15, 0.2) is 0 Å². The van der Waals surface area contributed by atoms with Crippen molar-refractivity contribution >= 4 is 16.8 Å². The summed E-state index contributed by atoms with van der Waals surface area (Å²) >= 11 is 0. The van der Waals surface area contributed by atoms with Crippen molar-refractivity contribution in [3.63, 3.8) is 0 Å². The van der Waals surface area contributed by atoms with E-state index in [1.54, 1.807) is 0 Å². The molecule has 1 amide bonds. The van der Waals surface area contributed by atoms with Crippen molar-refractivity contribution in [3.05, 3.63) is 65.9 Å². The second-order valence-electron chi connectivity index (χ2n) is 6.13. The van der Waals surface area contributed by atoms with Gasteiger partial charge in [-0.3, -0.25) is 4.79 Å². The number of pyridine rings is 1. The van der Waals surface area contributed by atoms with E-state index in [1.807, 2.05) is 50.2 Å². The third kappa shape index (κ3) is 3.02. The van der Waals surface area contributed by atoms with Crippen LogP contribution in [0.2, 0.25) is 0 Å². The van der Waals surface area contributed by atoms with Gasteiger partial charge in [-0.2, -0.15) is 0 Å². The Morgan fingerprint density at radius 1 is 1.08 bits per heavy atom. The number of amides is 1. The lowest BCUT2D eigenvalue weighted by atomic mass is 9.94. The molecule has 3 aromatic rings. The Morgan fingerprint density at radius 2 is 1.75 bits per heavy atom. The Morgan fingerprint density at radius 3 is 2.46 bits per heavy atom. The van der Waals surface area contributed by atoms with Crippen molar-refractivity contribution in [2.75, 3.05) is 0 Å². The third-order valence-electron chi connectivity index (χ3n) is 4.40. The van der Waals surface area contributed by atoms with Crippen LogP contribution in [0, 0.1) is 6.92 Å². The SMILES string of the molecule is CC[C@H](C)NC(=O)c1nc2ccccc2c(-c2ccccc2)c1C. The van der Waals surface area contributed by atoms with Gasteiger partial charge >= 0.3 is 0 Å². The lowest BCUT2D eigenvalue weighted by molar-refractivity contribution is 0.0934. The Labute approximate surface area is 142 Å². The van der Waals surface area contributed by atoms with E-state index in [4.69, 9.17) is 0 Å². The summed E-state index contributed by atoms with van der Waals surface area (Å²) in [4.78, 5) is 17.3. The average Bonchev–Trinajstić information content (AvgIpc) is 2.61. The summed E-state index contributed by atoms with van der Waals surface area (Å²) in [6.45, 7) is 6.04. The van der Waals surface area contributed by atoms with E-state index >= 15 is 0 Å². The van der Waals surface area contributed by atoms with Crippen LogP contribution in [0.4, 0.5) is 0 Å². The molecule has 0 unspecified atom stereocenters. The highest BCUT2D eigenvalue weighted by molar-refractivity contribution is 6.03. The Kier molecular flexibility index (Phi) is 4.61. The molecule has 0 saturated carbocycles. The van der Waals surface area contributed by atoms with Gasteiger partial charge in [0, 0.05) is 11.4 Å². The van der Waals surface area contributed by atoms with Crippen LogP contribution in [-0.4, -0.2) is 16.9 Å². The molecule has 1 heterocycles. The highest BCUT2D eigenvalue weighted by Crippen LogP contribution is 2.32. The first-order valence-corrected chi connectivity index (χ1v) is 8.37. The van der Waals surface area contributed by atoms with E-state index in [9.17, 15) is 4.79 Å². The molecule has 3 rings (SSSR count). The number of aromatic nitrogens is 1. The van der Waals surface area contributed by atoms with Crippen molar-refractivity contribution in [1.82, 2.24) is 10.3 Å². The number of benzene rings is 2. The first-order valence-electron chi connectivity index (χ1n) is 8.37. The van der Waals surface area contributed by atoms with E-state index in [2.05, 4.69) is 35.4 Å². The first kappa shape index (κ1) is 16.2. The Bertz CT molecular complexity index is 872. The zero-order valence-corrected chi connectivity index (χ0v) is 14.3. The summed E-state index contributed by atoms with van der Waals surface area (Å²) < 4.78 is 0. The molecule has 1 atom stereocenters. The van der Waals surface area contributed by atoms with Crippen LogP contribution in [0.15, 0.2) is 54.6 Å². The van der Waals surface area contributed by atoms with Crippen molar-refractivity contribution < 1.29 is 4.79 Å². The van der Waals surface area contributed by atoms with Gasteiger partial charge < -0.3 is 5.32 Å². The van der Waals surface area contributed by atoms with E-state index < -0.39 is 0 Å². The molecular formula is C21H22N2O. The molecule has 0 aliphatic rings. The second kappa shape index (κ2) is 6.83. The molecule has 1 aromatic heterocycles. The van der Waals surface area contributed by atoms with Gasteiger partial charge in [-0.15, -0.1) is 0 Å². The van der Waals surface area contributed by atoms with Crippen LogP contribution in [0.1, 0.15) is 36.3 Å². The predicted molar refractivity (Wildman–Crippen MR) is 99.1 cm³/mol. The summed E-state index contributed by atoms with van der Waals surface area (Å²) in [7, 11) is 0. The van der Waals surface area contributed by atoms with Gasteiger partial charge in [-0.05, 0) is 43.0 Å². The van der Waals surface area contributed by atoms with Crippen molar-refractivity contribution in [1.29, 1.82) is 0 Å². The number of hydrogen-bond donors (Lipinski definition) is 1. The van der Waals surface area contributed by atoms with Gasteiger partial charge in [0.2, 0.25) is 0 Å². The zero-order valence-electron chi connectivity index (χ0n) is 14.3. The number of hydrogen-bond acceptors (Lipinski definition) is 2. The van der Waals surface area contributed by atoms with Crippen LogP contribution in [0.5, 0.6) is 0 Å². The number of carbonyl (C=O) groups is 1. The molecule has 2 aromatic carbocycles. The highest BCUT2D eigenvalue weighted by atomic mass is 16.1. The fourth-order valence-electron chi connectivity index (χ4n) is 2.90. The summed E-state index contributed by atoms with van der Waals surface area (Å²) in [6, 6.07) is 18.3. The monoisotopic (exact) mass is 318 g/mol. The molecule has 0 spiro atoms. The summed E-state index contributed by atoms with van der Waals surface area (Å²) in [5.41, 5.74) is 4.45. The molecule has 0 fully saturated rings. The molecule has 24 heavy (non-hydrogen) atoms. The number of nitrogens with one attached hydrogen (secondary N) is 1. The molecule has 0 radical (unpaired) electrons. The third-order valence-corrected chi connectivity index (χ3v) is 4.40. The molecule has 122 valence electrons. The zero-order chi connectivity index (χ0) is 17.1. The smallest absolute Gasteiger partial charge is 0.270 e. The lowest BCUT2D eigenvalue weighted by Gasteiger charge is -2.16. The number of nitrogens with zero attached hydrogens (tertiary/aromatic N) is 1. The quantitative estimate of drug-likeness (QED) is 0.755. The standard InChI is InChI=1S/C21H22N2O/c1-4-14(2)22-21(24)20-15(3)19(16-10-6-5-7-11-16)17-12-8-9-13-18(17)23-20/h5-14H,4H2,1-3H3,(H,22,24)/t14-/m0/s1. The Hall–Kier alpha value is -2.68. The number of carbonyl (C=O) groups excluding carboxylic acids is 1. The fourth-order valence-corrected chi connectivity index (χ4v) is 2.90. The second-order valence-corrected chi connectivity index (χ2v) is 6.13. The van der Waals surface area contributed by atoms with Crippen LogP contribution >= 0.6 is 0 Å². The predicted octanol–water partition coefficient (Wildman–Crippen LogP) is 4.74. The summed E-state index contributed by atoms with van der Waals surface area (Å²) in [6.07, 6.45) is 0.893. The molecule has 1 N–H and O–H groups in total. The molecular weight excluding hydrogens is 296 g/mol. The number of fused-ring (bicyclic) bond motifs is 1. The molecule has 0 aliphatic carbocycles. The van der Waals surface area contributed by atoms with E-state index in [0.29, 0.717) is 5.69 Å². The van der Waals surface area contributed by atoms with Crippen molar-refractivity contribution in [2.24, 2.45) is 0 Å². The van der Waals surface area contributed by atoms with Crippen LogP contribution in [0.3, 0.4) is 0 Å². The largest absolute Gasteiger partial charge is 0.348 e. The Balaban J connectivity index is 2.22. The maximum Gasteiger partial charge on any atom is 0.270 e. The minimum atomic E-state index is -0.107. The molecule has 0 saturated heterocycles.